The standard InChI is InChI=1S/C19H14ClF6N3O3/c1-2-5-32-17(31)29-13-7-10(18(21,22)23)6-12(8-13)28-16(30)27-11-3-4-15(20)14(9-11)19(24,25)26/h2-4,6-9H,1,5H2,(H,29,31)(H2,27,28,30). The molecule has 0 spiro atoms. The highest BCUT2D eigenvalue weighted by Gasteiger charge is 2.34. The molecule has 0 aliphatic rings. The maximum atomic E-state index is 13.2. The van der Waals surface area contributed by atoms with Gasteiger partial charge in [0.25, 0.3) is 0 Å². The van der Waals surface area contributed by atoms with Crippen LogP contribution in [0.25, 0.3) is 0 Å². The third kappa shape index (κ3) is 7.08. The van der Waals surface area contributed by atoms with Gasteiger partial charge in [-0.2, -0.15) is 26.3 Å². The lowest BCUT2D eigenvalue weighted by atomic mass is 10.1. The van der Waals surface area contributed by atoms with E-state index in [4.69, 9.17) is 11.6 Å². The van der Waals surface area contributed by atoms with Crippen LogP contribution in [-0.2, 0) is 17.1 Å². The second-order valence-corrected chi connectivity index (χ2v) is 6.49. The van der Waals surface area contributed by atoms with Crippen LogP contribution in [0.1, 0.15) is 11.1 Å². The SMILES string of the molecule is C=CCOC(=O)Nc1cc(NC(=O)Nc2ccc(Cl)c(C(F)(F)F)c2)cc(C(F)(F)F)c1. The van der Waals surface area contributed by atoms with Crippen molar-refractivity contribution in [2.45, 2.75) is 12.4 Å². The van der Waals surface area contributed by atoms with Crippen molar-refractivity contribution in [3.63, 3.8) is 0 Å². The fraction of sp³-hybridized carbons (Fsp3) is 0.158. The molecule has 0 atom stereocenters. The van der Waals surface area contributed by atoms with E-state index in [2.05, 4.69) is 27.3 Å². The Hall–Kier alpha value is -3.41. The molecule has 0 heterocycles. The fourth-order valence-electron chi connectivity index (χ4n) is 2.34. The van der Waals surface area contributed by atoms with Gasteiger partial charge in [-0.25, -0.2) is 9.59 Å². The summed E-state index contributed by atoms with van der Waals surface area (Å²) >= 11 is 5.49. The lowest BCUT2D eigenvalue weighted by Gasteiger charge is -2.15. The summed E-state index contributed by atoms with van der Waals surface area (Å²) in [6.45, 7) is 3.12. The number of carbonyl (C=O) groups excluding carboxylic acids is 2. The molecule has 2 aromatic rings. The van der Waals surface area contributed by atoms with Gasteiger partial charge in [0.15, 0.2) is 0 Å². The van der Waals surface area contributed by atoms with Gasteiger partial charge in [0.05, 0.1) is 16.1 Å². The molecule has 3 N–H and O–H groups in total. The zero-order chi connectivity index (χ0) is 24.1. The Balaban J connectivity index is 2.23. The number of amides is 3. The van der Waals surface area contributed by atoms with Crippen molar-refractivity contribution in [3.05, 3.63) is 65.2 Å². The maximum Gasteiger partial charge on any atom is 0.417 e. The summed E-state index contributed by atoms with van der Waals surface area (Å²) in [5, 5.41) is 5.59. The predicted octanol–water partition coefficient (Wildman–Crippen LogP) is 6.76. The van der Waals surface area contributed by atoms with E-state index < -0.39 is 46.3 Å². The molecular formula is C19H14ClF6N3O3. The molecule has 0 radical (unpaired) electrons. The minimum atomic E-state index is -4.83. The quantitative estimate of drug-likeness (QED) is 0.326. The summed E-state index contributed by atoms with van der Waals surface area (Å²) in [4.78, 5) is 23.7. The van der Waals surface area contributed by atoms with Crippen molar-refractivity contribution in [1.29, 1.82) is 0 Å². The van der Waals surface area contributed by atoms with Gasteiger partial charge in [0, 0.05) is 17.1 Å². The molecule has 3 amide bonds. The van der Waals surface area contributed by atoms with Gasteiger partial charge >= 0.3 is 24.5 Å². The molecule has 2 rings (SSSR count). The smallest absolute Gasteiger partial charge is 0.417 e. The van der Waals surface area contributed by atoms with Gasteiger partial charge in [0.2, 0.25) is 0 Å². The van der Waals surface area contributed by atoms with Crippen LogP contribution < -0.4 is 16.0 Å². The van der Waals surface area contributed by atoms with E-state index >= 15 is 0 Å². The van der Waals surface area contributed by atoms with E-state index in [9.17, 15) is 35.9 Å². The van der Waals surface area contributed by atoms with E-state index in [1.54, 1.807) is 0 Å². The maximum absolute atomic E-state index is 13.2. The molecule has 2 aromatic carbocycles. The molecule has 6 nitrogen and oxygen atoms in total. The normalized spacial score (nSPS) is 11.5. The molecule has 0 aliphatic carbocycles. The lowest BCUT2D eigenvalue weighted by Crippen LogP contribution is -2.21. The van der Waals surface area contributed by atoms with Crippen molar-refractivity contribution in [2.75, 3.05) is 22.6 Å². The number of alkyl halides is 6. The first-order valence-corrected chi connectivity index (χ1v) is 8.89. The van der Waals surface area contributed by atoms with Crippen molar-refractivity contribution in [1.82, 2.24) is 0 Å². The first-order valence-electron chi connectivity index (χ1n) is 8.51. The Morgan fingerprint density at radius 1 is 0.906 bits per heavy atom. The van der Waals surface area contributed by atoms with Gasteiger partial charge in [-0.3, -0.25) is 5.32 Å². The second-order valence-electron chi connectivity index (χ2n) is 6.08. The van der Waals surface area contributed by atoms with E-state index in [-0.39, 0.29) is 18.0 Å². The van der Waals surface area contributed by atoms with Crippen LogP contribution >= 0.6 is 11.6 Å². The minimum absolute atomic E-state index is 0.195. The van der Waals surface area contributed by atoms with Crippen LogP contribution in [0.4, 0.5) is 53.0 Å². The van der Waals surface area contributed by atoms with Crippen LogP contribution in [0.5, 0.6) is 0 Å². The van der Waals surface area contributed by atoms with Crippen molar-refractivity contribution >= 4 is 40.8 Å². The number of benzene rings is 2. The number of halogens is 7. The van der Waals surface area contributed by atoms with Crippen molar-refractivity contribution in [2.24, 2.45) is 0 Å². The van der Waals surface area contributed by atoms with Crippen LogP contribution in [-0.4, -0.2) is 18.7 Å². The third-order valence-corrected chi connectivity index (χ3v) is 3.96. The highest BCUT2D eigenvalue weighted by Crippen LogP contribution is 2.36. The van der Waals surface area contributed by atoms with Gasteiger partial charge in [-0.15, -0.1) is 0 Å². The Labute approximate surface area is 182 Å². The molecule has 0 aromatic heterocycles. The zero-order valence-corrected chi connectivity index (χ0v) is 16.6. The molecule has 0 bridgehead atoms. The number of rotatable bonds is 5. The third-order valence-electron chi connectivity index (χ3n) is 3.63. The van der Waals surface area contributed by atoms with Gasteiger partial charge < -0.3 is 15.4 Å². The number of carbonyl (C=O) groups is 2. The summed E-state index contributed by atoms with van der Waals surface area (Å²) in [5.74, 6) is 0. The molecule has 0 fully saturated rings. The number of anilines is 3. The largest absolute Gasteiger partial charge is 0.445 e. The Kier molecular flexibility index (Phi) is 7.62. The van der Waals surface area contributed by atoms with E-state index in [0.717, 1.165) is 18.2 Å². The number of hydrogen-bond donors (Lipinski definition) is 3. The summed E-state index contributed by atoms with van der Waals surface area (Å²) in [7, 11) is 0. The number of ether oxygens (including phenoxy) is 1. The number of urea groups is 1. The highest BCUT2D eigenvalue weighted by molar-refractivity contribution is 6.31. The van der Waals surface area contributed by atoms with Crippen molar-refractivity contribution < 1.29 is 40.7 Å². The second kappa shape index (κ2) is 9.81. The van der Waals surface area contributed by atoms with E-state index in [0.29, 0.717) is 18.2 Å². The van der Waals surface area contributed by atoms with Crippen LogP contribution in [0, 0.1) is 0 Å². The average Bonchev–Trinajstić information content (AvgIpc) is 2.66. The van der Waals surface area contributed by atoms with E-state index in [1.165, 1.54) is 6.08 Å². The number of hydrogen-bond acceptors (Lipinski definition) is 3. The summed E-state index contributed by atoms with van der Waals surface area (Å²) in [5.41, 5.74) is -3.48. The Bertz CT molecular complexity index is 1020. The fourth-order valence-corrected chi connectivity index (χ4v) is 2.56. The minimum Gasteiger partial charge on any atom is -0.445 e. The predicted molar refractivity (Wildman–Crippen MR) is 106 cm³/mol. The average molecular weight is 482 g/mol. The molecule has 0 saturated heterocycles. The Morgan fingerprint density at radius 3 is 2.06 bits per heavy atom. The van der Waals surface area contributed by atoms with Crippen LogP contribution in [0.2, 0.25) is 5.02 Å². The first-order chi connectivity index (χ1) is 14.8. The first kappa shape index (κ1) is 24.9. The van der Waals surface area contributed by atoms with Gasteiger partial charge in [-0.1, -0.05) is 24.3 Å². The molecule has 32 heavy (non-hydrogen) atoms. The van der Waals surface area contributed by atoms with Crippen molar-refractivity contribution in [3.8, 4) is 0 Å². The highest BCUT2D eigenvalue weighted by atomic mass is 35.5. The zero-order valence-electron chi connectivity index (χ0n) is 15.8. The molecule has 0 aliphatic heterocycles. The Morgan fingerprint density at radius 2 is 1.50 bits per heavy atom. The van der Waals surface area contributed by atoms with Gasteiger partial charge in [0.1, 0.15) is 6.61 Å². The molecule has 0 unspecified atom stereocenters. The van der Waals surface area contributed by atoms with Crippen LogP contribution in [0.3, 0.4) is 0 Å². The topological polar surface area (TPSA) is 79.5 Å². The summed E-state index contributed by atoms with van der Waals surface area (Å²) in [6.07, 6.45) is -9.44. The van der Waals surface area contributed by atoms with E-state index in [1.807, 2.05) is 0 Å². The molecule has 0 saturated carbocycles. The monoisotopic (exact) mass is 481 g/mol. The van der Waals surface area contributed by atoms with Crippen LogP contribution in [0.15, 0.2) is 49.1 Å². The summed E-state index contributed by atoms with van der Waals surface area (Å²) in [6, 6.07) is 3.58. The lowest BCUT2D eigenvalue weighted by molar-refractivity contribution is -0.138. The number of nitrogens with one attached hydrogen (secondary N) is 3. The molecule has 13 heteroatoms. The molecule has 172 valence electrons. The molecular weight excluding hydrogens is 468 g/mol. The van der Waals surface area contributed by atoms with Gasteiger partial charge in [-0.05, 0) is 36.4 Å². The summed E-state index contributed by atoms with van der Waals surface area (Å²) < 4.78 is 82.9.